The third-order valence-corrected chi connectivity index (χ3v) is 2.35. The number of aliphatic hydroxyl groups excluding tert-OH is 1. The second-order valence-electron chi connectivity index (χ2n) is 3.41. The number of rotatable bonds is 3. The van der Waals surface area contributed by atoms with Gasteiger partial charge in [-0.2, -0.15) is 10.1 Å². The number of nitrogens with zero attached hydrogens (tertiary/aromatic N) is 4. The Morgan fingerprint density at radius 1 is 1.44 bits per heavy atom. The summed E-state index contributed by atoms with van der Waals surface area (Å²) in [5, 5.41) is 13.2. The number of aliphatic hydroxyl groups is 1. The summed E-state index contributed by atoms with van der Waals surface area (Å²) in [6.45, 7) is 1.99. The van der Waals surface area contributed by atoms with Gasteiger partial charge >= 0.3 is 0 Å². The van der Waals surface area contributed by atoms with E-state index in [-0.39, 0.29) is 11.9 Å². The van der Waals surface area contributed by atoms with Gasteiger partial charge in [0.15, 0.2) is 5.82 Å². The molecule has 5 nitrogen and oxygen atoms in total. The zero-order valence-electron chi connectivity index (χ0n) is 8.76. The lowest BCUT2D eigenvalue weighted by Crippen LogP contribution is -2.02. The van der Waals surface area contributed by atoms with Gasteiger partial charge in [-0.15, -0.1) is 0 Å². The Morgan fingerprint density at radius 2 is 2.25 bits per heavy atom. The minimum Gasteiger partial charge on any atom is -0.396 e. The van der Waals surface area contributed by atoms with Gasteiger partial charge in [-0.3, -0.25) is 0 Å². The molecule has 2 heterocycles. The zero-order chi connectivity index (χ0) is 11.5. The average molecular weight is 239 g/mol. The predicted octanol–water partition coefficient (Wildman–Crippen LogP) is 1.16. The molecule has 0 spiro atoms. The maximum atomic E-state index is 8.81. The van der Waals surface area contributed by atoms with Crippen molar-refractivity contribution in [1.29, 1.82) is 0 Å². The van der Waals surface area contributed by atoms with Gasteiger partial charge in [0, 0.05) is 24.6 Å². The van der Waals surface area contributed by atoms with Gasteiger partial charge in [0.25, 0.3) is 0 Å². The van der Waals surface area contributed by atoms with Crippen LogP contribution in [-0.2, 0) is 6.42 Å². The second kappa shape index (κ2) is 4.59. The van der Waals surface area contributed by atoms with Crippen LogP contribution in [0.25, 0.3) is 5.82 Å². The molecule has 0 aromatic carbocycles. The fourth-order valence-corrected chi connectivity index (χ4v) is 1.51. The SMILES string of the molecule is Cc1cnc(Cl)nc1-n1cc(CCO)cn1. The molecule has 0 amide bonds. The third kappa shape index (κ3) is 2.20. The van der Waals surface area contributed by atoms with Crippen molar-refractivity contribution in [3.8, 4) is 5.82 Å². The molecule has 16 heavy (non-hydrogen) atoms. The molecule has 0 aliphatic carbocycles. The van der Waals surface area contributed by atoms with Gasteiger partial charge in [-0.25, -0.2) is 9.67 Å². The Morgan fingerprint density at radius 3 is 3.00 bits per heavy atom. The Bertz CT molecular complexity index is 497. The molecule has 2 rings (SSSR count). The van der Waals surface area contributed by atoms with Crippen LogP contribution in [0.15, 0.2) is 18.6 Å². The monoisotopic (exact) mass is 238 g/mol. The highest BCUT2D eigenvalue weighted by atomic mass is 35.5. The Balaban J connectivity index is 2.38. The second-order valence-corrected chi connectivity index (χ2v) is 3.75. The van der Waals surface area contributed by atoms with E-state index in [4.69, 9.17) is 16.7 Å². The molecule has 2 aromatic heterocycles. The molecule has 0 saturated carbocycles. The first-order chi connectivity index (χ1) is 7.70. The Kier molecular flexibility index (Phi) is 3.17. The van der Waals surface area contributed by atoms with Crippen molar-refractivity contribution in [3.05, 3.63) is 35.0 Å². The topological polar surface area (TPSA) is 63.8 Å². The van der Waals surface area contributed by atoms with Crippen LogP contribution in [0, 0.1) is 6.92 Å². The molecule has 0 aliphatic heterocycles. The predicted molar refractivity (Wildman–Crippen MR) is 59.7 cm³/mol. The van der Waals surface area contributed by atoms with Crippen molar-refractivity contribution in [2.45, 2.75) is 13.3 Å². The van der Waals surface area contributed by atoms with E-state index in [1.165, 1.54) is 0 Å². The van der Waals surface area contributed by atoms with E-state index in [9.17, 15) is 0 Å². The zero-order valence-corrected chi connectivity index (χ0v) is 9.52. The number of aromatic nitrogens is 4. The summed E-state index contributed by atoms with van der Waals surface area (Å²) in [5.41, 5.74) is 1.85. The molecule has 0 fully saturated rings. The summed E-state index contributed by atoms with van der Waals surface area (Å²) in [5.74, 6) is 0.657. The molecule has 0 bridgehead atoms. The van der Waals surface area contributed by atoms with E-state index in [1.807, 2.05) is 13.1 Å². The quantitative estimate of drug-likeness (QED) is 0.815. The summed E-state index contributed by atoms with van der Waals surface area (Å²) in [6, 6.07) is 0. The van der Waals surface area contributed by atoms with Crippen LogP contribution in [0.4, 0.5) is 0 Å². The lowest BCUT2D eigenvalue weighted by molar-refractivity contribution is 0.299. The van der Waals surface area contributed by atoms with E-state index in [0.29, 0.717) is 12.2 Å². The molecule has 84 valence electrons. The van der Waals surface area contributed by atoms with Crippen LogP contribution in [0.5, 0.6) is 0 Å². The van der Waals surface area contributed by atoms with E-state index in [1.54, 1.807) is 17.1 Å². The largest absolute Gasteiger partial charge is 0.396 e. The van der Waals surface area contributed by atoms with Crippen molar-refractivity contribution >= 4 is 11.6 Å². The fraction of sp³-hybridized carbons (Fsp3) is 0.300. The van der Waals surface area contributed by atoms with Crippen molar-refractivity contribution in [3.63, 3.8) is 0 Å². The summed E-state index contributed by atoms with van der Waals surface area (Å²) in [6.07, 6.45) is 5.75. The highest BCUT2D eigenvalue weighted by Gasteiger charge is 2.06. The van der Waals surface area contributed by atoms with Crippen LogP contribution >= 0.6 is 11.6 Å². The number of hydrogen-bond donors (Lipinski definition) is 1. The summed E-state index contributed by atoms with van der Waals surface area (Å²) in [7, 11) is 0. The van der Waals surface area contributed by atoms with Gasteiger partial charge in [0.05, 0.1) is 6.20 Å². The number of halogens is 1. The van der Waals surface area contributed by atoms with Gasteiger partial charge in [0.1, 0.15) is 0 Å². The molecule has 2 aromatic rings. The minimum atomic E-state index is 0.106. The first-order valence-corrected chi connectivity index (χ1v) is 5.22. The van der Waals surface area contributed by atoms with Crippen LogP contribution in [0.2, 0.25) is 5.28 Å². The Hall–Kier alpha value is -1.46. The summed E-state index contributed by atoms with van der Waals surface area (Å²) >= 11 is 5.73. The molecule has 0 saturated heterocycles. The lowest BCUT2D eigenvalue weighted by atomic mass is 10.3. The molecule has 0 aliphatic rings. The van der Waals surface area contributed by atoms with Crippen LogP contribution in [0.1, 0.15) is 11.1 Å². The van der Waals surface area contributed by atoms with Gasteiger partial charge in [-0.1, -0.05) is 0 Å². The number of aryl methyl sites for hydroxylation is 1. The van der Waals surface area contributed by atoms with Crippen LogP contribution in [0.3, 0.4) is 0 Å². The standard InChI is InChI=1S/C10H11ClN4O/c1-7-4-12-10(11)14-9(7)15-6-8(2-3-16)5-13-15/h4-6,16H,2-3H2,1H3. The van der Waals surface area contributed by atoms with Crippen LogP contribution in [-0.4, -0.2) is 31.5 Å². The highest BCUT2D eigenvalue weighted by Crippen LogP contribution is 2.12. The maximum Gasteiger partial charge on any atom is 0.224 e. The molecule has 0 radical (unpaired) electrons. The lowest BCUT2D eigenvalue weighted by Gasteiger charge is -2.03. The molecule has 1 N–H and O–H groups in total. The van der Waals surface area contributed by atoms with E-state index < -0.39 is 0 Å². The first-order valence-electron chi connectivity index (χ1n) is 4.84. The average Bonchev–Trinajstić information content (AvgIpc) is 2.71. The van der Waals surface area contributed by atoms with Crippen molar-refractivity contribution in [2.75, 3.05) is 6.61 Å². The Labute approximate surface area is 97.7 Å². The molecular formula is C10H11ClN4O. The molecule has 0 unspecified atom stereocenters. The number of hydrogen-bond acceptors (Lipinski definition) is 4. The highest BCUT2D eigenvalue weighted by molar-refractivity contribution is 6.28. The molecule has 0 atom stereocenters. The van der Waals surface area contributed by atoms with E-state index in [0.717, 1.165) is 11.1 Å². The third-order valence-electron chi connectivity index (χ3n) is 2.17. The van der Waals surface area contributed by atoms with Crippen molar-refractivity contribution in [2.24, 2.45) is 0 Å². The maximum absolute atomic E-state index is 8.81. The smallest absolute Gasteiger partial charge is 0.224 e. The fourth-order valence-electron chi connectivity index (χ4n) is 1.38. The van der Waals surface area contributed by atoms with E-state index in [2.05, 4.69) is 15.1 Å². The van der Waals surface area contributed by atoms with Crippen LogP contribution < -0.4 is 0 Å². The summed E-state index contributed by atoms with van der Waals surface area (Å²) in [4.78, 5) is 7.99. The van der Waals surface area contributed by atoms with Gasteiger partial charge in [-0.05, 0) is 30.5 Å². The first kappa shape index (κ1) is 11.0. The van der Waals surface area contributed by atoms with Crippen molar-refractivity contribution < 1.29 is 5.11 Å². The van der Waals surface area contributed by atoms with Gasteiger partial charge in [0.2, 0.25) is 5.28 Å². The van der Waals surface area contributed by atoms with Crippen molar-refractivity contribution in [1.82, 2.24) is 19.7 Å². The minimum absolute atomic E-state index is 0.106. The van der Waals surface area contributed by atoms with E-state index >= 15 is 0 Å². The normalized spacial score (nSPS) is 10.7. The summed E-state index contributed by atoms with van der Waals surface area (Å²) < 4.78 is 1.63. The molecule has 6 heteroatoms. The van der Waals surface area contributed by atoms with Gasteiger partial charge < -0.3 is 5.11 Å². The molecular weight excluding hydrogens is 228 g/mol.